The summed E-state index contributed by atoms with van der Waals surface area (Å²) >= 11 is 0. The Hall–Kier alpha value is -2.04. The highest BCUT2D eigenvalue weighted by Crippen LogP contribution is 2.27. The first kappa shape index (κ1) is 13.9. The standard InChI is InChI=1S/C16H21N3O2/c1-10-8-11(2)19(10)16(21)17-13-5-4-12-6-7-18(3)15(20)14(12)9-13/h4-5,9-11H,6-8H2,1-3H3,(H,17,21). The van der Waals surface area contributed by atoms with Crippen LogP contribution < -0.4 is 5.32 Å². The number of hydrogen-bond donors (Lipinski definition) is 1. The Bertz CT molecular complexity index is 591. The molecule has 2 aliphatic heterocycles. The zero-order chi connectivity index (χ0) is 15.1. The maximum atomic E-state index is 12.2. The highest BCUT2D eigenvalue weighted by molar-refractivity contribution is 5.99. The highest BCUT2D eigenvalue weighted by atomic mass is 16.2. The third-order valence-corrected chi connectivity index (χ3v) is 4.52. The Balaban J connectivity index is 1.78. The van der Waals surface area contributed by atoms with Crippen molar-refractivity contribution in [3.8, 4) is 0 Å². The number of likely N-dealkylation sites (N-methyl/N-ethyl adjacent to an activating group) is 1. The van der Waals surface area contributed by atoms with Crippen molar-refractivity contribution in [2.75, 3.05) is 18.9 Å². The van der Waals surface area contributed by atoms with Crippen LogP contribution in [0.1, 0.15) is 36.2 Å². The predicted molar refractivity (Wildman–Crippen MR) is 81.5 cm³/mol. The summed E-state index contributed by atoms with van der Waals surface area (Å²) in [7, 11) is 1.81. The fourth-order valence-electron chi connectivity index (χ4n) is 3.27. The molecule has 2 heterocycles. The molecule has 3 rings (SSSR count). The van der Waals surface area contributed by atoms with Crippen molar-refractivity contribution >= 4 is 17.6 Å². The van der Waals surface area contributed by atoms with Gasteiger partial charge in [-0.3, -0.25) is 4.79 Å². The molecule has 2 aliphatic rings. The summed E-state index contributed by atoms with van der Waals surface area (Å²) in [4.78, 5) is 28.0. The van der Waals surface area contributed by atoms with Crippen molar-refractivity contribution in [1.82, 2.24) is 9.80 Å². The molecule has 5 heteroatoms. The number of nitrogens with one attached hydrogen (secondary N) is 1. The third-order valence-electron chi connectivity index (χ3n) is 4.52. The molecular weight excluding hydrogens is 266 g/mol. The van der Waals surface area contributed by atoms with Gasteiger partial charge in [0.05, 0.1) is 0 Å². The van der Waals surface area contributed by atoms with Crippen molar-refractivity contribution < 1.29 is 9.59 Å². The Morgan fingerprint density at radius 1 is 1.29 bits per heavy atom. The molecule has 0 radical (unpaired) electrons. The summed E-state index contributed by atoms with van der Waals surface area (Å²) in [6.45, 7) is 4.84. The van der Waals surface area contributed by atoms with Gasteiger partial charge in [-0.1, -0.05) is 6.07 Å². The van der Waals surface area contributed by atoms with Gasteiger partial charge in [0.2, 0.25) is 0 Å². The van der Waals surface area contributed by atoms with E-state index in [1.165, 1.54) is 0 Å². The maximum Gasteiger partial charge on any atom is 0.322 e. The number of carbonyl (C=O) groups excluding carboxylic acids is 2. The molecule has 0 bridgehead atoms. The lowest BCUT2D eigenvalue weighted by Gasteiger charge is -2.45. The Morgan fingerprint density at radius 3 is 2.67 bits per heavy atom. The van der Waals surface area contributed by atoms with Crippen LogP contribution in [0.25, 0.3) is 0 Å². The predicted octanol–water partition coefficient (Wildman–Crippen LogP) is 2.33. The molecule has 2 unspecified atom stereocenters. The normalized spacial score (nSPS) is 24.4. The van der Waals surface area contributed by atoms with Gasteiger partial charge in [0.25, 0.3) is 5.91 Å². The van der Waals surface area contributed by atoms with Gasteiger partial charge in [0.1, 0.15) is 0 Å². The number of benzene rings is 1. The van der Waals surface area contributed by atoms with Gasteiger partial charge in [0.15, 0.2) is 0 Å². The lowest BCUT2D eigenvalue weighted by Crippen LogP contribution is -2.57. The van der Waals surface area contributed by atoms with Gasteiger partial charge in [-0.05, 0) is 44.4 Å². The van der Waals surface area contributed by atoms with E-state index in [0.717, 1.165) is 24.9 Å². The second-order valence-electron chi connectivity index (χ2n) is 6.12. The van der Waals surface area contributed by atoms with E-state index in [2.05, 4.69) is 5.32 Å². The minimum Gasteiger partial charge on any atom is -0.341 e. The second kappa shape index (κ2) is 5.06. The van der Waals surface area contributed by atoms with Crippen LogP contribution >= 0.6 is 0 Å². The van der Waals surface area contributed by atoms with Crippen LogP contribution in [0.2, 0.25) is 0 Å². The second-order valence-corrected chi connectivity index (χ2v) is 6.12. The van der Waals surface area contributed by atoms with Gasteiger partial charge < -0.3 is 15.1 Å². The van der Waals surface area contributed by atoms with E-state index in [1.54, 1.807) is 18.0 Å². The van der Waals surface area contributed by atoms with Crippen LogP contribution in [-0.2, 0) is 6.42 Å². The summed E-state index contributed by atoms with van der Waals surface area (Å²) in [5, 5.41) is 2.91. The molecule has 1 fully saturated rings. The van der Waals surface area contributed by atoms with Gasteiger partial charge in [-0.25, -0.2) is 4.79 Å². The van der Waals surface area contributed by atoms with E-state index in [9.17, 15) is 9.59 Å². The monoisotopic (exact) mass is 287 g/mol. The first-order valence-corrected chi connectivity index (χ1v) is 7.45. The molecular formula is C16H21N3O2. The van der Waals surface area contributed by atoms with E-state index in [0.29, 0.717) is 11.3 Å². The molecule has 0 saturated carbocycles. The number of amides is 3. The van der Waals surface area contributed by atoms with Crippen LogP contribution in [0, 0.1) is 0 Å². The van der Waals surface area contributed by atoms with E-state index >= 15 is 0 Å². The van der Waals surface area contributed by atoms with Gasteiger partial charge in [-0.15, -0.1) is 0 Å². The maximum absolute atomic E-state index is 12.2. The van der Waals surface area contributed by atoms with E-state index in [1.807, 2.05) is 30.9 Å². The molecule has 3 amide bonds. The minimum atomic E-state index is -0.0854. The molecule has 0 spiro atoms. The van der Waals surface area contributed by atoms with Gasteiger partial charge in [0, 0.05) is 36.9 Å². The molecule has 0 aliphatic carbocycles. The molecule has 1 aromatic carbocycles. The van der Waals surface area contributed by atoms with Crippen LogP contribution in [-0.4, -0.2) is 47.4 Å². The van der Waals surface area contributed by atoms with Crippen LogP contribution in [0.5, 0.6) is 0 Å². The Morgan fingerprint density at radius 2 is 2.00 bits per heavy atom. The first-order valence-electron chi connectivity index (χ1n) is 7.45. The van der Waals surface area contributed by atoms with Gasteiger partial charge >= 0.3 is 6.03 Å². The van der Waals surface area contributed by atoms with Crippen molar-refractivity contribution in [3.05, 3.63) is 29.3 Å². The average Bonchev–Trinajstić information content (AvgIpc) is 2.43. The fourth-order valence-corrected chi connectivity index (χ4v) is 3.27. The summed E-state index contributed by atoms with van der Waals surface area (Å²) in [5.74, 6) is 0.0260. The SMILES string of the molecule is CC1CC(C)N1C(=O)Nc1ccc2c(c1)C(=O)N(C)CC2. The number of urea groups is 1. The van der Waals surface area contributed by atoms with E-state index in [4.69, 9.17) is 0 Å². The Labute approximate surface area is 124 Å². The Kier molecular flexibility index (Phi) is 3.35. The number of nitrogens with zero attached hydrogens (tertiary/aromatic N) is 2. The summed E-state index contributed by atoms with van der Waals surface area (Å²) in [6.07, 6.45) is 1.91. The lowest BCUT2D eigenvalue weighted by atomic mass is 9.96. The zero-order valence-corrected chi connectivity index (χ0v) is 12.7. The first-order chi connectivity index (χ1) is 9.97. The van der Waals surface area contributed by atoms with Crippen LogP contribution in [0.15, 0.2) is 18.2 Å². The number of rotatable bonds is 1. The van der Waals surface area contributed by atoms with Crippen molar-refractivity contribution in [2.24, 2.45) is 0 Å². The zero-order valence-electron chi connectivity index (χ0n) is 12.7. The molecule has 1 N–H and O–H groups in total. The minimum absolute atomic E-state index is 0.0260. The highest BCUT2D eigenvalue weighted by Gasteiger charge is 2.35. The smallest absolute Gasteiger partial charge is 0.322 e. The summed E-state index contributed by atoms with van der Waals surface area (Å²) in [6, 6.07) is 6.09. The molecule has 1 aromatic rings. The average molecular weight is 287 g/mol. The lowest BCUT2D eigenvalue weighted by molar-refractivity contribution is 0.0779. The summed E-state index contributed by atoms with van der Waals surface area (Å²) < 4.78 is 0. The number of carbonyl (C=O) groups is 2. The molecule has 2 atom stereocenters. The number of hydrogen-bond acceptors (Lipinski definition) is 2. The topological polar surface area (TPSA) is 52.7 Å². The summed E-state index contributed by atoms with van der Waals surface area (Å²) in [5.41, 5.74) is 2.45. The molecule has 21 heavy (non-hydrogen) atoms. The van der Waals surface area contributed by atoms with Gasteiger partial charge in [-0.2, -0.15) is 0 Å². The number of likely N-dealkylation sites (tertiary alicyclic amines) is 1. The van der Waals surface area contributed by atoms with E-state index < -0.39 is 0 Å². The third kappa shape index (κ3) is 2.37. The van der Waals surface area contributed by atoms with Crippen molar-refractivity contribution in [3.63, 3.8) is 0 Å². The molecule has 5 nitrogen and oxygen atoms in total. The fraction of sp³-hybridized carbons (Fsp3) is 0.500. The van der Waals surface area contributed by atoms with E-state index in [-0.39, 0.29) is 24.0 Å². The number of anilines is 1. The molecule has 1 saturated heterocycles. The number of fused-ring (bicyclic) bond motifs is 1. The molecule has 112 valence electrons. The van der Waals surface area contributed by atoms with Crippen molar-refractivity contribution in [1.29, 1.82) is 0 Å². The quantitative estimate of drug-likeness (QED) is 0.862. The van der Waals surface area contributed by atoms with Crippen LogP contribution in [0.4, 0.5) is 10.5 Å². The van der Waals surface area contributed by atoms with Crippen LogP contribution in [0.3, 0.4) is 0 Å². The largest absolute Gasteiger partial charge is 0.341 e. The van der Waals surface area contributed by atoms with Crippen molar-refractivity contribution in [2.45, 2.75) is 38.8 Å². The molecule has 0 aromatic heterocycles.